The SMILES string of the molecule is Cc1ncn(CC(=O)NC2CCC(Oc3ncccn3)CC2)c(=O)c1C. The zero-order valence-electron chi connectivity index (χ0n) is 15.0. The minimum atomic E-state index is -0.174. The highest BCUT2D eigenvalue weighted by Crippen LogP contribution is 2.22. The lowest BCUT2D eigenvalue weighted by molar-refractivity contribution is -0.122. The molecule has 0 unspecified atom stereocenters. The molecule has 2 aromatic heterocycles. The molecule has 0 atom stereocenters. The third-order valence-electron chi connectivity index (χ3n) is 4.68. The topological polar surface area (TPSA) is 99.0 Å². The van der Waals surface area contributed by atoms with Gasteiger partial charge in [0.05, 0.1) is 6.33 Å². The van der Waals surface area contributed by atoms with Crippen LogP contribution in [0, 0.1) is 13.8 Å². The molecule has 2 heterocycles. The lowest BCUT2D eigenvalue weighted by Gasteiger charge is -2.28. The first-order chi connectivity index (χ1) is 12.5. The Morgan fingerprint density at radius 3 is 2.58 bits per heavy atom. The van der Waals surface area contributed by atoms with Gasteiger partial charge in [-0.3, -0.25) is 14.2 Å². The van der Waals surface area contributed by atoms with Gasteiger partial charge in [-0.2, -0.15) is 0 Å². The molecule has 2 aromatic rings. The van der Waals surface area contributed by atoms with Crippen molar-refractivity contribution in [1.82, 2.24) is 24.8 Å². The molecule has 138 valence electrons. The molecule has 1 aliphatic rings. The molecule has 1 saturated carbocycles. The molecule has 0 aliphatic heterocycles. The molecule has 8 heteroatoms. The van der Waals surface area contributed by atoms with E-state index in [4.69, 9.17) is 4.74 Å². The Labute approximate surface area is 151 Å². The van der Waals surface area contributed by atoms with Gasteiger partial charge >= 0.3 is 6.01 Å². The van der Waals surface area contributed by atoms with Crippen LogP contribution >= 0.6 is 0 Å². The van der Waals surface area contributed by atoms with Crippen LogP contribution in [0.15, 0.2) is 29.6 Å². The van der Waals surface area contributed by atoms with Gasteiger partial charge in [-0.15, -0.1) is 0 Å². The summed E-state index contributed by atoms with van der Waals surface area (Å²) in [4.78, 5) is 36.7. The molecule has 0 aromatic carbocycles. The monoisotopic (exact) mass is 357 g/mol. The van der Waals surface area contributed by atoms with Crippen molar-refractivity contribution in [2.75, 3.05) is 0 Å². The molecule has 0 radical (unpaired) electrons. The molecule has 1 N–H and O–H groups in total. The molecular formula is C18H23N5O3. The van der Waals surface area contributed by atoms with Gasteiger partial charge in [-0.1, -0.05) is 0 Å². The summed E-state index contributed by atoms with van der Waals surface area (Å²) in [5.41, 5.74) is 1.08. The van der Waals surface area contributed by atoms with Crippen LogP contribution in [-0.4, -0.2) is 37.6 Å². The Bertz CT molecular complexity index is 813. The van der Waals surface area contributed by atoms with Crippen LogP contribution in [0.3, 0.4) is 0 Å². The summed E-state index contributed by atoms with van der Waals surface area (Å²) in [6.07, 6.45) is 8.09. The number of nitrogens with one attached hydrogen (secondary N) is 1. The number of amides is 1. The first-order valence-corrected chi connectivity index (χ1v) is 8.78. The van der Waals surface area contributed by atoms with Gasteiger partial charge in [-0.05, 0) is 45.6 Å². The summed E-state index contributed by atoms with van der Waals surface area (Å²) >= 11 is 0. The van der Waals surface area contributed by atoms with E-state index in [-0.39, 0.29) is 30.2 Å². The zero-order valence-corrected chi connectivity index (χ0v) is 15.0. The molecule has 8 nitrogen and oxygen atoms in total. The molecule has 26 heavy (non-hydrogen) atoms. The van der Waals surface area contributed by atoms with Crippen molar-refractivity contribution in [2.45, 2.75) is 58.2 Å². The Morgan fingerprint density at radius 1 is 1.19 bits per heavy atom. The van der Waals surface area contributed by atoms with E-state index in [1.807, 2.05) is 0 Å². The molecule has 3 rings (SSSR count). The first kappa shape index (κ1) is 18.0. The van der Waals surface area contributed by atoms with E-state index < -0.39 is 0 Å². The number of aryl methyl sites for hydroxylation is 1. The maximum atomic E-state index is 12.3. The Morgan fingerprint density at radius 2 is 1.88 bits per heavy atom. The van der Waals surface area contributed by atoms with Crippen LogP contribution in [0.1, 0.15) is 36.9 Å². The lowest BCUT2D eigenvalue weighted by Crippen LogP contribution is -2.42. The summed E-state index contributed by atoms with van der Waals surface area (Å²) in [6.45, 7) is 3.49. The quantitative estimate of drug-likeness (QED) is 0.862. The maximum Gasteiger partial charge on any atom is 0.316 e. The molecule has 0 spiro atoms. The number of carbonyl (C=O) groups is 1. The lowest BCUT2D eigenvalue weighted by atomic mass is 9.93. The molecule has 0 bridgehead atoms. The summed E-state index contributed by atoms with van der Waals surface area (Å²) in [6, 6.07) is 2.23. The number of rotatable bonds is 5. The summed E-state index contributed by atoms with van der Waals surface area (Å²) in [7, 11) is 0. The molecule has 0 saturated heterocycles. The van der Waals surface area contributed by atoms with Crippen molar-refractivity contribution in [1.29, 1.82) is 0 Å². The van der Waals surface area contributed by atoms with Gasteiger partial charge in [0.25, 0.3) is 5.56 Å². The highest BCUT2D eigenvalue weighted by molar-refractivity contribution is 5.76. The average Bonchev–Trinajstić information content (AvgIpc) is 2.65. The molecule has 1 amide bonds. The second-order valence-electron chi connectivity index (χ2n) is 6.58. The number of aromatic nitrogens is 4. The van der Waals surface area contributed by atoms with Crippen molar-refractivity contribution in [3.05, 3.63) is 46.4 Å². The third-order valence-corrected chi connectivity index (χ3v) is 4.68. The maximum absolute atomic E-state index is 12.3. The summed E-state index contributed by atoms with van der Waals surface area (Å²) in [5.74, 6) is -0.173. The first-order valence-electron chi connectivity index (χ1n) is 8.78. The molecule has 1 fully saturated rings. The van der Waals surface area contributed by atoms with E-state index in [1.54, 1.807) is 32.3 Å². The van der Waals surface area contributed by atoms with E-state index in [1.165, 1.54) is 10.9 Å². The van der Waals surface area contributed by atoms with E-state index in [2.05, 4.69) is 20.3 Å². The normalized spacial score (nSPS) is 19.8. The summed E-state index contributed by atoms with van der Waals surface area (Å²) in [5, 5.41) is 3.00. The highest BCUT2D eigenvalue weighted by atomic mass is 16.5. The number of nitrogens with zero attached hydrogens (tertiary/aromatic N) is 4. The minimum absolute atomic E-state index is 0.0127. The second kappa shape index (κ2) is 8.07. The fourth-order valence-corrected chi connectivity index (χ4v) is 3.04. The second-order valence-corrected chi connectivity index (χ2v) is 6.58. The highest BCUT2D eigenvalue weighted by Gasteiger charge is 2.24. The van der Waals surface area contributed by atoms with Gasteiger partial charge in [0.15, 0.2) is 0 Å². The third kappa shape index (κ3) is 4.44. The predicted molar refractivity (Wildman–Crippen MR) is 94.8 cm³/mol. The summed E-state index contributed by atoms with van der Waals surface area (Å²) < 4.78 is 7.10. The van der Waals surface area contributed by atoms with Crippen molar-refractivity contribution in [3.8, 4) is 6.01 Å². The van der Waals surface area contributed by atoms with Gasteiger partial charge in [0.1, 0.15) is 12.6 Å². The number of ether oxygens (including phenoxy) is 1. The van der Waals surface area contributed by atoms with E-state index in [0.29, 0.717) is 17.3 Å². The fourth-order valence-electron chi connectivity index (χ4n) is 3.04. The van der Waals surface area contributed by atoms with Crippen molar-refractivity contribution < 1.29 is 9.53 Å². The van der Waals surface area contributed by atoms with E-state index in [0.717, 1.165) is 25.7 Å². The van der Waals surface area contributed by atoms with Crippen molar-refractivity contribution >= 4 is 5.91 Å². The van der Waals surface area contributed by atoms with Gasteiger partial charge in [0.2, 0.25) is 5.91 Å². The Hall–Kier alpha value is -2.77. The van der Waals surface area contributed by atoms with Gasteiger partial charge in [-0.25, -0.2) is 15.0 Å². The van der Waals surface area contributed by atoms with Crippen LogP contribution in [-0.2, 0) is 11.3 Å². The Kier molecular flexibility index (Phi) is 5.60. The van der Waals surface area contributed by atoms with Gasteiger partial charge < -0.3 is 10.1 Å². The van der Waals surface area contributed by atoms with Crippen LogP contribution in [0.4, 0.5) is 0 Å². The van der Waals surface area contributed by atoms with E-state index >= 15 is 0 Å². The smallest absolute Gasteiger partial charge is 0.316 e. The number of hydrogen-bond acceptors (Lipinski definition) is 6. The fraction of sp³-hybridized carbons (Fsp3) is 0.500. The standard InChI is InChI=1S/C18H23N5O3/c1-12-13(2)21-11-23(17(12)25)10-16(24)22-14-4-6-15(7-5-14)26-18-19-8-3-9-20-18/h3,8-9,11,14-15H,4-7,10H2,1-2H3,(H,22,24). The Balaban J connectivity index is 1.48. The van der Waals surface area contributed by atoms with Crippen LogP contribution in [0.2, 0.25) is 0 Å². The van der Waals surface area contributed by atoms with Gasteiger partial charge in [0, 0.05) is 29.7 Å². The van der Waals surface area contributed by atoms with Crippen LogP contribution in [0.5, 0.6) is 6.01 Å². The average molecular weight is 357 g/mol. The zero-order chi connectivity index (χ0) is 18.5. The van der Waals surface area contributed by atoms with Crippen LogP contribution in [0.25, 0.3) is 0 Å². The van der Waals surface area contributed by atoms with Crippen LogP contribution < -0.4 is 15.6 Å². The number of hydrogen-bond donors (Lipinski definition) is 1. The van der Waals surface area contributed by atoms with E-state index in [9.17, 15) is 9.59 Å². The number of carbonyl (C=O) groups excluding carboxylic acids is 1. The predicted octanol–water partition coefficient (Wildman–Crippen LogP) is 1.16. The van der Waals surface area contributed by atoms with Crippen molar-refractivity contribution in [3.63, 3.8) is 0 Å². The molecular weight excluding hydrogens is 334 g/mol. The van der Waals surface area contributed by atoms with Crippen molar-refractivity contribution in [2.24, 2.45) is 0 Å². The largest absolute Gasteiger partial charge is 0.460 e. The minimum Gasteiger partial charge on any atom is -0.460 e. The molecule has 1 aliphatic carbocycles.